The van der Waals surface area contributed by atoms with Crippen LogP contribution >= 0.6 is 0 Å². The second-order valence-corrected chi connectivity index (χ2v) is 16.9. The highest BCUT2D eigenvalue weighted by atomic mass is 16.3. The molecule has 14 rings (SSSR count). The average molecular weight is 816 g/mol. The molecular weight excluding hydrogens is 779 g/mol. The highest BCUT2D eigenvalue weighted by molar-refractivity contribution is 6.26. The zero-order chi connectivity index (χ0) is 41.9. The summed E-state index contributed by atoms with van der Waals surface area (Å²) in [5.41, 5.74) is 11.8. The molecular formula is C60H37N3O. The summed E-state index contributed by atoms with van der Waals surface area (Å²) < 4.78 is 11.4. The van der Waals surface area contributed by atoms with Crippen LogP contribution in [0.1, 0.15) is 0 Å². The van der Waals surface area contributed by atoms with Gasteiger partial charge in [0.25, 0.3) is 0 Å². The lowest BCUT2D eigenvalue weighted by Crippen LogP contribution is -2.10. The van der Waals surface area contributed by atoms with Gasteiger partial charge in [0.15, 0.2) is 0 Å². The molecule has 0 unspecified atom stereocenters. The maximum atomic E-state index is 6.54. The van der Waals surface area contributed by atoms with E-state index in [-0.39, 0.29) is 0 Å². The molecule has 0 amide bonds. The molecule has 3 heterocycles. The minimum Gasteiger partial charge on any atom is -0.456 e. The van der Waals surface area contributed by atoms with Gasteiger partial charge in [0.05, 0.1) is 22.1 Å². The fourth-order valence-corrected chi connectivity index (χ4v) is 10.7. The number of fused-ring (bicyclic) bond motifs is 15. The van der Waals surface area contributed by atoms with Crippen LogP contribution in [0.4, 0.5) is 17.1 Å². The minimum atomic E-state index is 0.859. The molecule has 0 saturated carbocycles. The van der Waals surface area contributed by atoms with Crippen LogP contribution in [0.15, 0.2) is 229 Å². The second-order valence-electron chi connectivity index (χ2n) is 16.9. The summed E-state index contributed by atoms with van der Waals surface area (Å²) in [5.74, 6) is 0. The Bertz CT molecular complexity index is 4170. The Hall–Kier alpha value is -8.60. The smallest absolute Gasteiger partial charge is 0.137 e. The first-order chi connectivity index (χ1) is 31.7. The standard InChI is InChI=1S/C60H37N3O/c1-2-14-38(15-3-1)62-55-23-11-8-20-48(55)50-32-28-41(36-57(50)62)63-56-24-12-9-21-49(56)51-31-27-40(35-58(51)63)61(42-29-33-53-52-22-10-13-25-59(52)64-60(53)37-42)39-26-30-47-45-18-5-4-16-43(45)44-17-6-7-19-46(44)54(47)34-39/h1-37H. The molecule has 0 aliphatic carbocycles. The molecule has 0 bridgehead atoms. The zero-order valence-electron chi connectivity index (χ0n) is 34.6. The SMILES string of the molecule is c1ccc(-n2c3ccccc3c3ccc(-n4c5ccccc5c5ccc(N(c6ccc7c(c6)oc6ccccc67)c6ccc7c8ccccc8c8ccccc8c7c6)cc54)cc32)cc1. The number of rotatable bonds is 5. The lowest BCUT2D eigenvalue weighted by atomic mass is 9.94. The monoisotopic (exact) mass is 815 g/mol. The third kappa shape index (κ3) is 5.05. The van der Waals surface area contributed by atoms with Crippen molar-refractivity contribution in [1.29, 1.82) is 0 Å². The Morgan fingerprint density at radius 2 is 0.672 bits per heavy atom. The van der Waals surface area contributed by atoms with Crippen molar-refractivity contribution in [3.63, 3.8) is 0 Å². The molecule has 0 spiro atoms. The summed E-state index contributed by atoms with van der Waals surface area (Å²) in [7, 11) is 0. The third-order valence-corrected chi connectivity index (χ3v) is 13.5. The van der Waals surface area contributed by atoms with Gasteiger partial charge in [0.2, 0.25) is 0 Å². The van der Waals surface area contributed by atoms with Crippen molar-refractivity contribution in [3.05, 3.63) is 224 Å². The molecule has 14 aromatic rings. The number of hydrogen-bond acceptors (Lipinski definition) is 2. The molecule has 0 fully saturated rings. The maximum Gasteiger partial charge on any atom is 0.137 e. The van der Waals surface area contributed by atoms with Gasteiger partial charge in [-0.25, -0.2) is 0 Å². The highest BCUT2D eigenvalue weighted by Gasteiger charge is 2.21. The number of aromatic nitrogens is 2. The molecule has 0 aliphatic heterocycles. The molecule has 0 N–H and O–H groups in total. The highest BCUT2D eigenvalue weighted by Crippen LogP contribution is 2.45. The molecule has 0 atom stereocenters. The molecule has 298 valence electrons. The van der Waals surface area contributed by atoms with Crippen LogP contribution in [0.3, 0.4) is 0 Å². The van der Waals surface area contributed by atoms with Gasteiger partial charge < -0.3 is 18.5 Å². The van der Waals surface area contributed by atoms with E-state index in [1.54, 1.807) is 0 Å². The van der Waals surface area contributed by atoms with Crippen molar-refractivity contribution in [2.45, 2.75) is 0 Å². The van der Waals surface area contributed by atoms with E-state index in [4.69, 9.17) is 4.42 Å². The molecule has 4 heteroatoms. The number of para-hydroxylation sites is 4. The predicted molar refractivity (Wildman–Crippen MR) is 270 cm³/mol. The van der Waals surface area contributed by atoms with E-state index in [1.165, 1.54) is 64.9 Å². The Labute approximate surface area is 367 Å². The van der Waals surface area contributed by atoms with Gasteiger partial charge in [-0.1, -0.05) is 140 Å². The molecule has 11 aromatic carbocycles. The van der Waals surface area contributed by atoms with E-state index in [2.05, 4.69) is 232 Å². The van der Waals surface area contributed by atoms with Crippen molar-refractivity contribution < 1.29 is 4.42 Å². The van der Waals surface area contributed by atoms with Crippen LogP contribution in [-0.2, 0) is 0 Å². The average Bonchev–Trinajstić information content (AvgIpc) is 4.01. The van der Waals surface area contributed by atoms with Crippen LogP contribution in [0.5, 0.6) is 0 Å². The lowest BCUT2D eigenvalue weighted by molar-refractivity contribution is 0.669. The van der Waals surface area contributed by atoms with E-state index in [0.29, 0.717) is 0 Å². The van der Waals surface area contributed by atoms with Gasteiger partial charge >= 0.3 is 0 Å². The Balaban J connectivity index is 1.04. The number of benzene rings is 11. The summed E-state index contributed by atoms with van der Waals surface area (Å²) >= 11 is 0. The summed E-state index contributed by atoms with van der Waals surface area (Å²) in [6, 6.07) is 81.7. The second kappa shape index (κ2) is 13.4. The largest absolute Gasteiger partial charge is 0.456 e. The first-order valence-electron chi connectivity index (χ1n) is 21.9. The number of hydrogen-bond donors (Lipinski definition) is 0. The van der Waals surface area contributed by atoms with E-state index in [9.17, 15) is 0 Å². The van der Waals surface area contributed by atoms with Gasteiger partial charge in [-0.3, -0.25) is 0 Å². The molecule has 4 nitrogen and oxygen atoms in total. The summed E-state index contributed by atoms with van der Waals surface area (Å²) in [6.45, 7) is 0. The lowest BCUT2D eigenvalue weighted by Gasteiger charge is -2.26. The topological polar surface area (TPSA) is 26.2 Å². The summed E-state index contributed by atoms with van der Waals surface area (Å²) in [4.78, 5) is 2.40. The molecule has 0 aliphatic rings. The van der Waals surface area contributed by atoms with Gasteiger partial charge in [-0.05, 0) is 111 Å². The van der Waals surface area contributed by atoms with Crippen molar-refractivity contribution in [2.75, 3.05) is 4.90 Å². The Kier molecular flexibility index (Phi) is 7.36. The van der Waals surface area contributed by atoms with Crippen LogP contribution in [0, 0.1) is 0 Å². The molecule has 0 saturated heterocycles. The number of anilines is 3. The number of nitrogens with zero attached hydrogens (tertiary/aromatic N) is 3. The van der Waals surface area contributed by atoms with Gasteiger partial charge in [0, 0.05) is 66.8 Å². The van der Waals surface area contributed by atoms with Crippen molar-refractivity contribution in [2.24, 2.45) is 0 Å². The summed E-state index contributed by atoms with van der Waals surface area (Å²) in [6.07, 6.45) is 0. The first-order valence-corrected chi connectivity index (χ1v) is 21.9. The van der Waals surface area contributed by atoms with Crippen molar-refractivity contribution in [3.8, 4) is 11.4 Å². The van der Waals surface area contributed by atoms with Crippen LogP contribution < -0.4 is 4.90 Å². The van der Waals surface area contributed by atoms with Crippen molar-refractivity contribution in [1.82, 2.24) is 9.13 Å². The molecule has 3 aromatic heterocycles. The van der Waals surface area contributed by atoms with E-state index in [1.807, 2.05) is 6.07 Å². The van der Waals surface area contributed by atoms with Crippen LogP contribution in [-0.4, -0.2) is 9.13 Å². The quantitative estimate of drug-likeness (QED) is 0.162. The molecule has 0 radical (unpaired) electrons. The summed E-state index contributed by atoms with van der Waals surface area (Å²) in [5, 5.41) is 14.6. The predicted octanol–water partition coefficient (Wildman–Crippen LogP) is 16.7. The van der Waals surface area contributed by atoms with Crippen molar-refractivity contribution >= 4 is 115 Å². The van der Waals surface area contributed by atoms with Gasteiger partial charge in [0.1, 0.15) is 11.2 Å². The third-order valence-electron chi connectivity index (χ3n) is 13.5. The minimum absolute atomic E-state index is 0.859. The Morgan fingerprint density at radius 1 is 0.250 bits per heavy atom. The zero-order valence-corrected chi connectivity index (χ0v) is 34.6. The normalized spacial score (nSPS) is 12.1. The Morgan fingerprint density at radius 3 is 1.34 bits per heavy atom. The number of furan rings is 1. The van der Waals surface area contributed by atoms with E-state index in [0.717, 1.165) is 61.4 Å². The van der Waals surface area contributed by atoms with Gasteiger partial charge in [-0.2, -0.15) is 0 Å². The fraction of sp³-hybridized carbons (Fsp3) is 0. The van der Waals surface area contributed by atoms with Crippen LogP contribution in [0.25, 0.3) is 109 Å². The van der Waals surface area contributed by atoms with E-state index >= 15 is 0 Å². The van der Waals surface area contributed by atoms with Gasteiger partial charge in [-0.15, -0.1) is 0 Å². The maximum absolute atomic E-state index is 6.54. The van der Waals surface area contributed by atoms with E-state index < -0.39 is 0 Å². The fourth-order valence-electron chi connectivity index (χ4n) is 10.7. The first kappa shape index (κ1) is 35.0. The van der Waals surface area contributed by atoms with Crippen LogP contribution in [0.2, 0.25) is 0 Å². The molecule has 64 heavy (non-hydrogen) atoms.